The van der Waals surface area contributed by atoms with E-state index >= 15 is 0 Å². The molecule has 0 bridgehead atoms. The number of fused-ring (bicyclic) bond motifs is 1. The average Bonchev–Trinajstić information content (AvgIpc) is 3.29. The second kappa shape index (κ2) is 7.23. The van der Waals surface area contributed by atoms with E-state index in [1.165, 1.54) is 6.07 Å². The Morgan fingerprint density at radius 2 is 1.93 bits per heavy atom. The second-order valence-electron chi connectivity index (χ2n) is 6.62. The molecular weight excluding hydrogens is 358 g/mol. The minimum Gasteiger partial charge on any atom is -0.485 e. The van der Waals surface area contributed by atoms with Crippen molar-refractivity contribution in [2.24, 2.45) is 0 Å². The normalized spacial score (nSPS) is 11.1. The van der Waals surface area contributed by atoms with Crippen LogP contribution in [0.5, 0.6) is 5.75 Å². The van der Waals surface area contributed by atoms with E-state index in [2.05, 4.69) is 0 Å². The summed E-state index contributed by atoms with van der Waals surface area (Å²) in [5, 5.41) is 0.791. The molecule has 6 heteroatoms. The molecule has 6 nitrogen and oxygen atoms in total. The van der Waals surface area contributed by atoms with Gasteiger partial charge >= 0.3 is 5.63 Å². The number of carbonyl (C=O) groups excluding carboxylic acids is 1. The van der Waals surface area contributed by atoms with E-state index < -0.39 is 5.63 Å². The molecule has 0 atom stereocenters. The number of aromatic nitrogens is 1. The van der Waals surface area contributed by atoms with Gasteiger partial charge in [-0.2, -0.15) is 0 Å². The van der Waals surface area contributed by atoms with Gasteiger partial charge in [0.1, 0.15) is 17.1 Å². The molecule has 0 saturated heterocycles. The highest BCUT2D eigenvalue weighted by Gasteiger charge is 2.17. The molecule has 0 amide bonds. The zero-order valence-corrected chi connectivity index (χ0v) is 15.6. The first-order valence-electron chi connectivity index (χ1n) is 8.90. The van der Waals surface area contributed by atoms with Crippen molar-refractivity contribution < 1.29 is 18.4 Å². The van der Waals surface area contributed by atoms with Gasteiger partial charge in [0.05, 0.1) is 12.8 Å². The van der Waals surface area contributed by atoms with E-state index in [0.29, 0.717) is 23.4 Å². The minimum atomic E-state index is -0.426. The molecule has 1 aromatic carbocycles. The summed E-state index contributed by atoms with van der Waals surface area (Å²) in [6.07, 6.45) is 1.63. The molecule has 0 fully saturated rings. The molecule has 3 heterocycles. The van der Waals surface area contributed by atoms with Crippen molar-refractivity contribution in [1.82, 2.24) is 4.57 Å². The van der Waals surface area contributed by atoms with Gasteiger partial charge in [0.15, 0.2) is 6.61 Å². The highest BCUT2D eigenvalue weighted by atomic mass is 16.5. The van der Waals surface area contributed by atoms with E-state index in [-0.39, 0.29) is 12.4 Å². The van der Waals surface area contributed by atoms with Crippen LogP contribution in [0.1, 0.15) is 27.5 Å². The summed E-state index contributed by atoms with van der Waals surface area (Å²) in [5.74, 6) is 1.18. The zero-order valence-electron chi connectivity index (χ0n) is 15.6. The topological polar surface area (TPSA) is 74.6 Å². The molecule has 4 rings (SSSR count). The number of carbonyl (C=O) groups is 1. The minimum absolute atomic E-state index is 0.104. The number of ketones is 1. The van der Waals surface area contributed by atoms with Crippen LogP contribution in [-0.2, 0) is 6.54 Å². The van der Waals surface area contributed by atoms with E-state index in [1.54, 1.807) is 30.5 Å². The van der Waals surface area contributed by atoms with Crippen LogP contribution in [0.2, 0.25) is 0 Å². The Morgan fingerprint density at radius 3 is 2.71 bits per heavy atom. The number of nitrogens with zero attached hydrogens (tertiary/aromatic N) is 1. The maximum Gasteiger partial charge on any atom is 0.336 e. The second-order valence-corrected chi connectivity index (χ2v) is 6.62. The highest BCUT2D eigenvalue weighted by Crippen LogP contribution is 2.21. The molecule has 0 aliphatic rings. The van der Waals surface area contributed by atoms with Gasteiger partial charge in [-0.25, -0.2) is 4.79 Å². The number of hydrogen-bond acceptors (Lipinski definition) is 5. The highest BCUT2D eigenvalue weighted by molar-refractivity contribution is 5.98. The lowest BCUT2D eigenvalue weighted by molar-refractivity contribution is 0.0920. The number of benzene rings is 1. The van der Waals surface area contributed by atoms with Gasteiger partial charge in [-0.1, -0.05) is 0 Å². The predicted octanol–water partition coefficient (Wildman–Crippen LogP) is 4.11. The van der Waals surface area contributed by atoms with E-state index in [0.717, 1.165) is 22.5 Å². The van der Waals surface area contributed by atoms with Crippen molar-refractivity contribution in [3.63, 3.8) is 0 Å². The van der Waals surface area contributed by atoms with Crippen molar-refractivity contribution in [2.75, 3.05) is 6.61 Å². The maximum atomic E-state index is 12.7. The number of ether oxygens (including phenoxy) is 1. The summed E-state index contributed by atoms with van der Waals surface area (Å²) < 4.78 is 18.2. The first-order chi connectivity index (χ1) is 13.5. The number of hydrogen-bond donors (Lipinski definition) is 0. The Morgan fingerprint density at radius 1 is 1.11 bits per heavy atom. The molecule has 3 aromatic heterocycles. The quantitative estimate of drug-likeness (QED) is 0.373. The molecule has 0 spiro atoms. The van der Waals surface area contributed by atoms with Crippen LogP contribution < -0.4 is 10.4 Å². The van der Waals surface area contributed by atoms with Crippen LogP contribution in [0.15, 0.2) is 68.4 Å². The van der Waals surface area contributed by atoms with Crippen LogP contribution in [-0.4, -0.2) is 17.0 Å². The van der Waals surface area contributed by atoms with Crippen LogP contribution in [0.25, 0.3) is 11.0 Å². The molecule has 0 aliphatic heterocycles. The van der Waals surface area contributed by atoms with Gasteiger partial charge in [-0.3, -0.25) is 4.79 Å². The largest absolute Gasteiger partial charge is 0.485 e. The monoisotopic (exact) mass is 377 g/mol. The summed E-state index contributed by atoms with van der Waals surface area (Å²) in [7, 11) is 0. The molecule has 0 N–H and O–H groups in total. The van der Waals surface area contributed by atoms with Gasteiger partial charge in [-0.15, -0.1) is 0 Å². The first kappa shape index (κ1) is 17.9. The lowest BCUT2D eigenvalue weighted by atomic mass is 10.1. The molecule has 0 saturated carbocycles. The molecule has 0 aliphatic carbocycles. The van der Waals surface area contributed by atoms with Crippen molar-refractivity contribution >= 4 is 16.8 Å². The number of Topliss-reactive ketones (excluding diaryl/α,β-unsaturated/α-hetero) is 1. The maximum absolute atomic E-state index is 12.7. The van der Waals surface area contributed by atoms with Crippen LogP contribution in [0.3, 0.4) is 0 Å². The van der Waals surface area contributed by atoms with E-state index in [4.69, 9.17) is 13.6 Å². The van der Waals surface area contributed by atoms with Crippen LogP contribution >= 0.6 is 0 Å². The fourth-order valence-corrected chi connectivity index (χ4v) is 3.24. The molecular formula is C22H19NO5. The lowest BCUT2D eigenvalue weighted by Crippen LogP contribution is -2.13. The summed E-state index contributed by atoms with van der Waals surface area (Å²) in [5.41, 5.74) is 2.46. The SMILES string of the molecule is Cc1cc(C(=O)COc2ccc3ccc(=O)oc3c2)c(C)n1Cc1ccco1. The van der Waals surface area contributed by atoms with Crippen molar-refractivity contribution in [1.29, 1.82) is 0 Å². The molecule has 142 valence electrons. The van der Waals surface area contributed by atoms with Gasteiger partial charge < -0.3 is 18.1 Å². The van der Waals surface area contributed by atoms with Crippen molar-refractivity contribution in [2.45, 2.75) is 20.4 Å². The van der Waals surface area contributed by atoms with Crippen molar-refractivity contribution in [3.05, 3.63) is 87.9 Å². The predicted molar refractivity (Wildman–Crippen MR) is 104 cm³/mol. The Labute approximate surface area is 161 Å². The lowest BCUT2D eigenvalue weighted by Gasteiger charge is -2.08. The van der Waals surface area contributed by atoms with Crippen LogP contribution in [0, 0.1) is 13.8 Å². The molecule has 0 radical (unpaired) electrons. The molecule has 28 heavy (non-hydrogen) atoms. The van der Waals surface area contributed by atoms with Gasteiger partial charge in [0, 0.05) is 34.5 Å². The van der Waals surface area contributed by atoms with E-state index in [9.17, 15) is 9.59 Å². The number of rotatable bonds is 6. The Hall–Kier alpha value is -3.54. The fraction of sp³-hybridized carbons (Fsp3) is 0.182. The van der Waals surface area contributed by atoms with Crippen LogP contribution in [0.4, 0.5) is 0 Å². The summed E-state index contributed by atoms with van der Waals surface area (Å²) in [4.78, 5) is 24.0. The zero-order chi connectivity index (χ0) is 19.7. The third-order valence-corrected chi connectivity index (χ3v) is 4.73. The van der Waals surface area contributed by atoms with Gasteiger partial charge in [0.2, 0.25) is 5.78 Å². The summed E-state index contributed by atoms with van der Waals surface area (Å²) in [6, 6.07) is 13.8. The van der Waals surface area contributed by atoms with Crippen molar-refractivity contribution in [3.8, 4) is 5.75 Å². The standard InChI is InChI=1S/C22H19NO5/c1-14-10-19(15(2)23(14)12-18-4-3-9-26-18)20(24)13-27-17-7-5-16-6-8-22(25)28-21(16)11-17/h3-11H,12-13H2,1-2H3. The smallest absolute Gasteiger partial charge is 0.336 e. The molecule has 4 aromatic rings. The average molecular weight is 377 g/mol. The summed E-state index contributed by atoms with van der Waals surface area (Å²) >= 11 is 0. The Kier molecular flexibility index (Phi) is 4.61. The third kappa shape index (κ3) is 3.49. The fourth-order valence-electron chi connectivity index (χ4n) is 3.24. The first-order valence-corrected chi connectivity index (χ1v) is 8.90. The number of furan rings is 1. The third-order valence-electron chi connectivity index (χ3n) is 4.73. The Bertz CT molecular complexity index is 1200. The Balaban J connectivity index is 1.50. The van der Waals surface area contributed by atoms with Gasteiger partial charge in [-0.05, 0) is 50.2 Å². The summed E-state index contributed by atoms with van der Waals surface area (Å²) in [6.45, 7) is 4.34. The van der Waals surface area contributed by atoms with E-state index in [1.807, 2.05) is 36.6 Å². The number of aryl methyl sites for hydroxylation is 1. The molecule has 0 unspecified atom stereocenters. The van der Waals surface area contributed by atoms with Gasteiger partial charge in [0.25, 0.3) is 0 Å².